The van der Waals surface area contributed by atoms with Crippen molar-refractivity contribution in [2.75, 3.05) is 12.5 Å². The summed E-state index contributed by atoms with van der Waals surface area (Å²) >= 11 is 0. The minimum atomic E-state index is 0.0686. The first kappa shape index (κ1) is 18.7. The van der Waals surface area contributed by atoms with Crippen molar-refractivity contribution in [3.63, 3.8) is 0 Å². The van der Waals surface area contributed by atoms with Gasteiger partial charge in [-0.2, -0.15) is 5.10 Å². The molecule has 7 heteroatoms. The fraction of sp³-hybridized carbons (Fsp3) is 0.0833. The highest BCUT2D eigenvalue weighted by atomic mass is 16.5. The van der Waals surface area contributed by atoms with E-state index in [9.17, 15) is 5.11 Å². The van der Waals surface area contributed by atoms with Crippen LogP contribution < -0.4 is 15.5 Å². The van der Waals surface area contributed by atoms with E-state index in [1.165, 1.54) is 7.11 Å². The molecular weight excluding hydrogens is 392 g/mol. The number of fused-ring (bicyclic) bond motifs is 2. The van der Waals surface area contributed by atoms with E-state index in [1.807, 2.05) is 55.5 Å². The average molecular weight is 412 g/mol. The number of benzene rings is 3. The van der Waals surface area contributed by atoms with E-state index in [0.29, 0.717) is 28.4 Å². The number of phenolic OH excluding ortho intramolecular Hbond substituents is 1. The van der Waals surface area contributed by atoms with Gasteiger partial charge in [-0.3, -0.25) is 0 Å². The molecule has 0 aliphatic rings. The molecule has 2 aromatic heterocycles. The molecule has 5 rings (SSSR count). The largest absolute Gasteiger partial charge is 0.504 e. The molecule has 0 aliphatic carbocycles. The number of hydrogen-bond donors (Lipinski definition) is 3. The number of H-pyrrole nitrogens is 1. The Morgan fingerprint density at radius 1 is 1.06 bits per heavy atom. The van der Waals surface area contributed by atoms with Gasteiger partial charge in [0, 0.05) is 17.0 Å². The van der Waals surface area contributed by atoms with E-state index in [4.69, 9.17) is 9.15 Å². The summed E-state index contributed by atoms with van der Waals surface area (Å²) in [4.78, 5) is 7.72. The van der Waals surface area contributed by atoms with Gasteiger partial charge in [-0.15, -0.1) is 0 Å². The predicted molar refractivity (Wildman–Crippen MR) is 120 cm³/mol. The number of ether oxygens (including phenoxy) is 1. The van der Waals surface area contributed by atoms with Gasteiger partial charge in [0.1, 0.15) is 11.3 Å². The summed E-state index contributed by atoms with van der Waals surface area (Å²) < 4.78 is 11.4. The molecule has 154 valence electrons. The second-order valence-corrected chi connectivity index (χ2v) is 7.21. The third-order valence-corrected chi connectivity index (χ3v) is 5.03. The van der Waals surface area contributed by atoms with E-state index in [2.05, 4.69) is 20.5 Å². The molecule has 0 saturated heterocycles. The van der Waals surface area contributed by atoms with Gasteiger partial charge in [-0.25, -0.2) is 10.4 Å². The maximum absolute atomic E-state index is 9.91. The molecular formula is C24H20N4O3. The van der Waals surface area contributed by atoms with Crippen LogP contribution >= 0.6 is 0 Å². The summed E-state index contributed by atoms with van der Waals surface area (Å²) in [7, 11) is 1.51. The second kappa shape index (κ2) is 7.53. The van der Waals surface area contributed by atoms with Crippen LogP contribution in [0.25, 0.3) is 33.3 Å². The minimum Gasteiger partial charge on any atom is -0.504 e. The smallest absolute Gasteiger partial charge is 0.222 e. The molecule has 0 aliphatic heterocycles. The first-order valence-corrected chi connectivity index (χ1v) is 9.77. The van der Waals surface area contributed by atoms with Crippen molar-refractivity contribution in [1.82, 2.24) is 9.97 Å². The highest BCUT2D eigenvalue weighted by Crippen LogP contribution is 2.32. The zero-order valence-electron chi connectivity index (χ0n) is 17.0. The average Bonchev–Trinajstić information content (AvgIpc) is 3.21. The van der Waals surface area contributed by atoms with E-state index < -0.39 is 0 Å². The van der Waals surface area contributed by atoms with Crippen molar-refractivity contribution in [2.45, 2.75) is 6.92 Å². The highest BCUT2D eigenvalue weighted by molar-refractivity contribution is 5.80. The van der Waals surface area contributed by atoms with Crippen molar-refractivity contribution < 1.29 is 14.3 Å². The van der Waals surface area contributed by atoms with Crippen LogP contribution in [0.3, 0.4) is 0 Å². The molecule has 0 unspecified atom stereocenters. The van der Waals surface area contributed by atoms with E-state index >= 15 is 0 Å². The van der Waals surface area contributed by atoms with Crippen molar-refractivity contribution in [2.24, 2.45) is 5.10 Å². The van der Waals surface area contributed by atoms with Gasteiger partial charge in [0.25, 0.3) is 0 Å². The van der Waals surface area contributed by atoms with Crippen molar-refractivity contribution >= 4 is 28.0 Å². The number of aromatic hydroxyl groups is 1. The number of nitrogens with zero attached hydrogens (tertiary/aromatic N) is 2. The quantitative estimate of drug-likeness (QED) is 0.364. The topological polar surface area (TPSA) is 95.7 Å². The lowest BCUT2D eigenvalue weighted by Gasteiger charge is -2.08. The molecule has 0 radical (unpaired) electrons. The van der Waals surface area contributed by atoms with E-state index in [1.54, 1.807) is 18.2 Å². The van der Waals surface area contributed by atoms with Gasteiger partial charge < -0.3 is 19.2 Å². The fourth-order valence-corrected chi connectivity index (χ4v) is 3.47. The first-order valence-electron chi connectivity index (χ1n) is 9.77. The Hall–Kier alpha value is -4.26. The van der Waals surface area contributed by atoms with E-state index in [-0.39, 0.29) is 5.75 Å². The van der Waals surface area contributed by atoms with Crippen LogP contribution in [-0.2, 0) is 0 Å². The van der Waals surface area contributed by atoms with Crippen LogP contribution in [0.1, 0.15) is 5.56 Å². The summed E-state index contributed by atoms with van der Waals surface area (Å²) in [5.74, 6) is 1.59. The number of aromatic nitrogens is 2. The van der Waals surface area contributed by atoms with Crippen LogP contribution in [0.15, 0.2) is 76.2 Å². The summed E-state index contributed by atoms with van der Waals surface area (Å²) in [6.45, 7) is 2.02. The van der Waals surface area contributed by atoms with E-state index in [0.717, 1.165) is 27.5 Å². The lowest BCUT2D eigenvalue weighted by molar-refractivity contribution is 0.373. The Bertz CT molecular complexity index is 1450. The van der Waals surface area contributed by atoms with Gasteiger partial charge in [-0.05, 0) is 49.4 Å². The lowest BCUT2D eigenvalue weighted by Crippen LogP contribution is -2.08. The minimum absolute atomic E-state index is 0.0686. The van der Waals surface area contributed by atoms with Gasteiger partial charge in [0.15, 0.2) is 11.5 Å². The van der Waals surface area contributed by atoms with Gasteiger partial charge in [-0.1, -0.05) is 23.8 Å². The Balaban J connectivity index is 1.64. The number of phenols is 1. The number of methoxy groups -OCH3 is 1. The standard InChI is InChI=1S/C24H20N4O3/c1-14-7-10-21-16(11-14)19(27-28-24-25-17-5-3-4-6-18(17)26-24)13-22(31-21)15-8-9-20(29)23(12-15)30-2/h3-13,29H,1-2H3,(H2,25,26,28). The molecule has 2 heterocycles. The summed E-state index contributed by atoms with van der Waals surface area (Å²) in [6, 6.07) is 20.7. The van der Waals surface area contributed by atoms with Crippen molar-refractivity contribution in [1.29, 1.82) is 0 Å². The number of aromatic amines is 1. The Morgan fingerprint density at radius 2 is 1.94 bits per heavy atom. The fourth-order valence-electron chi connectivity index (χ4n) is 3.47. The lowest BCUT2D eigenvalue weighted by atomic mass is 10.1. The highest BCUT2D eigenvalue weighted by Gasteiger charge is 2.10. The molecule has 0 bridgehead atoms. The SMILES string of the molecule is COc1cc(-c2cc(=NNc3nc4ccccc4[nH]3)c3cc(C)ccc3o2)ccc1O. The summed E-state index contributed by atoms with van der Waals surface area (Å²) in [5, 5.41) is 16.1. The molecule has 31 heavy (non-hydrogen) atoms. The molecule has 0 saturated carbocycles. The zero-order valence-corrected chi connectivity index (χ0v) is 17.0. The summed E-state index contributed by atoms with van der Waals surface area (Å²) in [6.07, 6.45) is 0. The normalized spacial score (nSPS) is 11.9. The molecule has 0 atom stereocenters. The number of anilines is 1. The van der Waals surface area contributed by atoms with Crippen LogP contribution in [-0.4, -0.2) is 22.2 Å². The number of imidazole rings is 1. The third kappa shape index (κ3) is 3.57. The maximum Gasteiger partial charge on any atom is 0.222 e. The van der Waals surface area contributed by atoms with Crippen LogP contribution in [0.5, 0.6) is 11.5 Å². The third-order valence-electron chi connectivity index (χ3n) is 5.03. The monoisotopic (exact) mass is 412 g/mol. The molecule has 3 aromatic carbocycles. The van der Waals surface area contributed by atoms with Gasteiger partial charge >= 0.3 is 0 Å². The van der Waals surface area contributed by atoms with Crippen LogP contribution in [0.2, 0.25) is 0 Å². The number of aryl methyl sites for hydroxylation is 1. The molecule has 5 aromatic rings. The first-order chi connectivity index (χ1) is 15.1. The number of para-hydroxylation sites is 2. The second-order valence-electron chi connectivity index (χ2n) is 7.21. The Morgan fingerprint density at radius 3 is 2.77 bits per heavy atom. The number of hydrogen-bond acceptors (Lipinski definition) is 6. The van der Waals surface area contributed by atoms with Crippen molar-refractivity contribution in [3.8, 4) is 22.8 Å². The zero-order chi connectivity index (χ0) is 21.4. The predicted octanol–water partition coefficient (Wildman–Crippen LogP) is 4.93. The molecule has 3 N–H and O–H groups in total. The number of rotatable bonds is 4. The Kier molecular flexibility index (Phi) is 4.55. The molecule has 0 spiro atoms. The van der Waals surface area contributed by atoms with Crippen molar-refractivity contribution in [3.05, 3.63) is 77.7 Å². The van der Waals surface area contributed by atoms with Gasteiger partial charge in [0.2, 0.25) is 5.95 Å². The molecule has 0 fully saturated rings. The summed E-state index contributed by atoms with van der Waals surface area (Å²) in [5.41, 5.74) is 7.37. The van der Waals surface area contributed by atoms with Gasteiger partial charge in [0.05, 0.1) is 23.5 Å². The van der Waals surface area contributed by atoms with Crippen LogP contribution in [0.4, 0.5) is 5.95 Å². The maximum atomic E-state index is 9.91. The molecule has 0 amide bonds. The number of nitrogens with one attached hydrogen (secondary N) is 2. The molecule has 7 nitrogen and oxygen atoms in total. The Labute approximate surface area is 177 Å². The van der Waals surface area contributed by atoms with Crippen LogP contribution in [0, 0.1) is 6.92 Å².